The first-order valence-corrected chi connectivity index (χ1v) is 12.6. The molecule has 1 N–H and O–H groups in total. The summed E-state index contributed by atoms with van der Waals surface area (Å²) < 4.78 is 24.5. The molecule has 2 fully saturated rings. The van der Waals surface area contributed by atoms with E-state index in [-0.39, 0.29) is 25.2 Å². The summed E-state index contributed by atoms with van der Waals surface area (Å²) in [6.07, 6.45) is -2.85. The van der Waals surface area contributed by atoms with Crippen LogP contribution in [0.5, 0.6) is 0 Å². The highest BCUT2D eigenvalue weighted by Crippen LogP contribution is 2.40. The average molecular weight is 516 g/mol. The van der Waals surface area contributed by atoms with Gasteiger partial charge in [-0.25, -0.2) is 0 Å². The third-order valence-corrected chi connectivity index (χ3v) is 6.87. The highest BCUT2D eigenvalue weighted by atomic mass is 32.2. The Hall–Kier alpha value is -2.76. The Morgan fingerprint density at radius 1 is 0.972 bits per heavy atom. The second-order valence-corrected chi connectivity index (χ2v) is 9.72. The van der Waals surface area contributed by atoms with Crippen LogP contribution in [-0.4, -0.2) is 54.1 Å². The van der Waals surface area contributed by atoms with Gasteiger partial charge in [-0.2, -0.15) is 0 Å². The van der Waals surface area contributed by atoms with E-state index in [0.29, 0.717) is 0 Å². The first-order chi connectivity index (χ1) is 17.4. The molecule has 4 rings (SSSR count). The molecule has 2 aliphatic rings. The summed E-state index contributed by atoms with van der Waals surface area (Å²) in [4.78, 5) is 41.9. The van der Waals surface area contributed by atoms with Crippen LogP contribution in [-0.2, 0) is 38.2 Å². The molecule has 2 saturated heterocycles. The first-order valence-electron chi connectivity index (χ1n) is 11.7. The number of hydroxylamine groups is 1. The van der Waals surface area contributed by atoms with Crippen molar-refractivity contribution in [2.24, 2.45) is 0 Å². The maximum absolute atomic E-state index is 12.7. The molecular formula is C26H29NO8S. The van der Waals surface area contributed by atoms with Crippen molar-refractivity contribution in [2.75, 3.05) is 6.61 Å². The summed E-state index contributed by atoms with van der Waals surface area (Å²) in [5.41, 5.74) is 2.94. The second kappa shape index (κ2) is 12.5. The van der Waals surface area contributed by atoms with Crippen LogP contribution >= 0.6 is 11.8 Å². The molecule has 192 valence electrons. The number of thioether (sulfide) groups is 1. The molecule has 0 unspecified atom stereocenters. The fourth-order valence-corrected chi connectivity index (χ4v) is 5.13. The molecule has 9 nitrogen and oxygen atoms in total. The van der Waals surface area contributed by atoms with Gasteiger partial charge in [-0.1, -0.05) is 60.3 Å². The number of Topliss-reactive ketones (excluding diaryl/α,β-unsaturated/α-hetero) is 1. The molecule has 0 aromatic heterocycles. The van der Waals surface area contributed by atoms with Gasteiger partial charge in [0.2, 0.25) is 0 Å². The zero-order valence-corrected chi connectivity index (χ0v) is 20.8. The number of ether oxygens (including phenoxy) is 4. The van der Waals surface area contributed by atoms with E-state index in [4.69, 9.17) is 23.8 Å². The van der Waals surface area contributed by atoms with Gasteiger partial charge in [0, 0.05) is 23.8 Å². The molecule has 0 bridgehead atoms. The largest absolute Gasteiger partial charge is 0.458 e. The number of esters is 1. The Morgan fingerprint density at radius 3 is 2.33 bits per heavy atom. The standard InChI is InChI=1S/C26H29NO8S/c1-16(28)13-14-21(30)33-24-22(27-35-17(2)29)26(36-19-11-7-4-8-12-19)32-20-15-31-25(34-23(20)24)18-9-5-3-6-10-18/h3-12,20,22-27H,13-15H2,1-2H3/t20-,22-,23-,24-,25+,26+/m1/s1. The van der Waals surface area contributed by atoms with Crippen molar-refractivity contribution >= 4 is 29.5 Å². The minimum absolute atomic E-state index is 0.0665. The van der Waals surface area contributed by atoms with E-state index in [0.717, 1.165) is 10.5 Å². The predicted octanol–water partition coefficient (Wildman–Crippen LogP) is 3.34. The lowest BCUT2D eigenvalue weighted by Gasteiger charge is -2.48. The number of ketones is 1. The van der Waals surface area contributed by atoms with Crippen molar-refractivity contribution in [2.45, 2.75) is 67.7 Å². The first kappa shape index (κ1) is 26.3. The number of hydrogen-bond donors (Lipinski definition) is 1. The number of carbonyl (C=O) groups excluding carboxylic acids is 3. The van der Waals surface area contributed by atoms with Gasteiger partial charge >= 0.3 is 11.9 Å². The summed E-state index contributed by atoms with van der Waals surface area (Å²) in [5, 5.41) is 0. The number of rotatable bonds is 9. The SMILES string of the molecule is CC(=O)CCC(=O)O[C@@H]1[C@@H](NOC(C)=O)[C@H](Sc2ccccc2)O[C@@H]2CO[C@H](c3ccccc3)O[C@@H]12. The Kier molecular flexibility index (Phi) is 9.11. The number of carbonyl (C=O) groups is 3. The lowest BCUT2D eigenvalue weighted by Crippen LogP contribution is -2.66. The Morgan fingerprint density at radius 2 is 1.67 bits per heavy atom. The third kappa shape index (κ3) is 6.92. The van der Waals surface area contributed by atoms with Gasteiger partial charge in [0.1, 0.15) is 29.5 Å². The number of fused-ring (bicyclic) bond motifs is 1. The molecule has 0 amide bonds. The molecule has 2 heterocycles. The van der Waals surface area contributed by atoms with E-state index in [1.807, 2.05) is 60.7 Å². The summed E-state index contributed by atoms with van der Waals surface area (Å²) >= 11 is 1.39. The van der Waals surface area contributed by atoms with Crippen molar-refractivity contribution in [3.8, 4) is 0 Å². The molecule has 0 spiro atoms. The van der Waals surface area contributed by atoms with Gasteiger partial charge in [-0.3, -0.25) is 9.59 Å². The minimum atomic E-state index is -0.890. The van der Waals surface area contributed by atoms with Crippen molar-refractivity contribution in [3.05, 3.63) is 66.2 Å². The van der Waals surface area contributed by atoms with Crippen molar-refractivity contribution < 1.29 is 38.2 Å². The van der Waals surface area contributed by atoms with Crippen LogP contribution in [0.25, 0.3) is 0 Å². The molecular weight excluding hydrogens is 486 g/mol. The lowest BCUT2D eigenvalue weighted by molar-refractivity contribution is -0.312. The van der Waals surface area contributed by atoms with E-state index in [9.17, 15) is 14.4 Å². The molecule has 0 saturated carbocycles. The van der Waals surface area contributed by atoms with Gasteiger partial charge in [0.25, 0.3) is 0 Å². The van der Waals surface area contributed by atoms with Crippen molar-refractivity contribution in [1.82, 2.24) is 5.48 Å². The summed E-state index contributed by atoms with van der Waals surface area (Å²) in [6.45, 7) is 2.89. The van der Waals surface area contributed by atoms with E-state index in [2.05, 4.69) is 5.48 Å². The molecule has 6 atom stereocenters. The maximum Gasteiger partial charge on any atom is 0.321 e. The molecule has 2 aromatic rings. The highest BCUT2D eigenvalue weighted by molar-refractivity contribution is 7.99. The Balaban J connectivity index is 1.62. The monoisotopic (exact) mass is 515 g/mol. The average Bonchev–Trinajstić information content (AvgIpc) is 2.88. The van der Waals surface area contributed by atoms with Crippen LogP contribution in [0.15, 0.2) is 65.6 Å². The quantitative estimate of drug-likeness (QED) is 0.394. The maximum atomic E-state index is 12.7. The lowest BCUT2D eigenvalue weighted by atomic mass is 9.97. The van der Waals surface area contributed by atoms with Gasteiger partial charge in [0.15, 0.2) is 12.4 Å². The van der Waals surface area contributed by atoms with Crippen LogP contribution in [0.3, 0.4) is 0 Å². The Labute approximate surface area is 213 Å². The highest BCUT2D eigenvalue weighted by Gasteiger charge is 2.52. The number of hydrogen-bond acceptors (Lipinski definition) is 10. The molecule has 36 heavy (non-hydrogen) atoms. The van der Waals surface area contributed by atoms with Crippen molar-refractivity contribution in [3.63, 3.8) is 0 Å². The minimum Gasteiger partial charge on any atom is -0.458 e. The Bertz CT molecular complexity index is 1040. The summed E-state index contributed by atoms with van der Waals surface area (Å²) in [7, 11) is 0. The van der Waals surface area contributed by atoms with E-state index in [1.54, 1.807) is 0 Å². The second-order valence-electron chi connectivity index (χ2n) is 8.54. The van der Waals surface area contributed by atoms with Gasteiger partial charge in [-0.05, 0) is 19.1 Å². The summed E-state index contributed by atoms with van der Waals surface area (Å²) in [6, 6.07) is 18.2. The zero-order chi connectivity index (χ0) is 25.5. The molecule has 2 aliphatic heterocycles. The molecule has 0 aliphatic carbocycles. The topological polar surface area (TPSA) is 109 Å². The number of benzene rings is 2. The molecule has 0 radical (unpaired) electrons. The van der Waals surface area contributed by atoms with Crippen LogP contribution in [0, 0.1) is 0 Å². The normalized spacial score (nSPS) is 27.5. The van der Waals surface area contributed by atoms with E-state index < -0.39 is 48.0 Å². The molecule has 10 heteroatoms. The third-order valence-electron chi connectivity index (χ3n) is 5.69. The number of nitrogens with one attached hydrogen (secondary N) is 1. The van der Waals surface area contributed by atoms with Crippen LogP contribution in [0.2, 0.25) is 0 Å². The van der Waals surface area contributed by atoms with Crippen LogP contribution in [0.4, 0.5) is 0 Å². The predicted molar refractivity (Wildman–Crippen MR) is 129 cm³/mol. The van der Waals surface area contributed by atoms with Crippen molar-refractivity contribution in [1.29, 1.82) is 0 Å². The van der Waals surface area contributed by atoms with E-state index >= 15 is 0 Å². The smallest absolute Gasteiger partial charge is 0.321 e. The fourth-order valence-electron chi connectivity index (χ4n) is 3.99. The zero-order valence-electron chi connectivity index (χ0n) is 20.0. The fraction of sp³-hybridized carbons (Fsp3) is 0.423. The van der Waals surface area contributed by atoms with Crippen LogP contribution < -0.4 is 5.48 Å². The van der Waals surface area contributed by atoms with Crippen LogP contribution in [0.1, 0.15) is 38.5 Å². The van der Waals surface area contributed by atoms with Gasteiger partial charge in [0.05, 0.1) is 13.0 Å². The van der Waals surface area contributed by atoms with Gasteiger partial charge in [-0.15, -0.1) is 5.48 Å². The van der Waals surface area contributed by atoms with E-state index in [1.165, 1.54) is 25.6 Å². The van der Waals surface area contributed by atoms with Gasteiger partial charge < -0.3 is 28.6 Å². The molecule has 2 aromatic carbocycles. The summed E-state index contributed by atoms with van der Waals surface area (Å²) in [5.74, 6) is -1.23.